The molecule has 25 heavy (non-hydrogen) atoms. The number of rotatable bonds is 7. The quantitative estimate of drug-likeness (QED) is 0.809. The van der Waals surface area contributed by atoms with Gasteiger partial charge in [-0.05, 0) is 68.1 Å². The normalized spacial score (nSPS) is 23.4. The van der Waals surface area contributed by atoms with Crippen LogP contribution in [-0.2, 0) is 6.61 Å². The maximum atomic E-state index is 5.88. The minimum atomic E-state index is 0.629. The molecule has 1 aliphatic heterocycles. The molecule has 2 N–H and O–H groups in total. The molecule has 1 saturated carbocycles. The molecule has 1 heterocycles. The van der Waals surface area contributed by atoms with Crippen molar-refractivity contribution in [3.8, 4) is 5.75 Å². The van der Waals surface area contributed by atoms with Crippen molar-refractivity contribution >= 4 is 0 Å². The van der Waals surface area contributed by atoms with Crippen LogP contribution >= 0.6 is 0 Å². The summed E-state index contributed by atoms with van der Waals surface area (Å²) >= 11 is 0. The van der Waals surface area contributed by atoms with Crippen molar-refractivity contribution in [3.05, 3.63) is 65.7 Å². The highest BCUT2D eigenvalue weighted by atomic mass is 16.5. The molecule has 2 aliphatic rings. The Bertz CT molecular complexity index is 649. The summed E-state index contributed by atoms with van der Waals surface area (Å²) in [5.74, 6) is 2.49. The smallest absolute Gasteiger partial charge is 0.119 e. The van der Waals surface area contributed by atoms with Gasteiger partial charge in [-0.2, -0.15) is 0 Å². The van der Waals surface area contributed by atoms with Gasteiger partial charge in [-0.1, -0.05) is 42.5 Å². The van der Waals surface area contributed by atoms with Gasteiger partial charge in [0.2, 0.25) is 0 Å². The molecule has 2 atom stereocenters. The number of nitrogens with one attached hydrogen (secondary N) is 2. The topological polar surface area (TPSA) is 33.3 Å². The maximum Gasteiger partial charge on any atom is 0.119 e. The minimum Gasteiger partial charge on any atom is -0.489 e. The van der Waals surface area contributed by atoms with Crippen LogP contribution in [-0.4, -0.2) is 25.7 Å². The molecule has 2 aromatic carbocycles. The fourth-order valence-electron chi connectivity index (χ4n) is 3.75. The summed E-state index contributed by atoms with van der Waals surface area (Å²) in [7, 11) is 0. The Morgan fingerprint density at radius 2 is 1.72 bits per heavy atom. The summed E-state index contributed by atoms with van der Waals surface area (Å²) in [6.45, 7) is 4.18. The lowest BCUT2D eigenvalue weighted by atomic mass is 9.98. The molecule has 3 nitrogen and oxygen atoms in total. The van der Waals surface area contributed by atoms with Crippen LogP contribution in [0.1, 0.15) is 36.3 Å². The monoisotopic (exact) mass is 336 g/mol. The fraction of sp³-hybridized carbons (Fsp3) is 0.455. The highest BCUT2D eigenvalue weighted by Gasteiger charge is 2.38. The van der Waals surface area contributed by atoms with Crippen LogP contribution < -0.4 is 15.4 Å². The molecular formula is C22H28N2O. The van der Waals surface area contributed by atoms with E-state index in [2.05, 4.69) is 47.0 Å². The number of benzene rings is 2. The average molecular weight is 336 g/mol. The standard InChI is InChI=1S/C22H28N2O/c1-2-4-18(5-3-1)16-25-20-8-6-19(7-9-20)21-14-22(21)24-15-17-10-12-23-13-11-17/h1-9,17,21-24H,10-16H2. The first-order valence-corrected chi connectivity index (χ1v) is 9.59. The zero-order valence-electron chi connectivity index (χ0n) is 14.8. The highest BCUT2D eigenvalue weighted by Crippen LogP contribution is 2.41. The van der Waals surface area contributed by atoms with Gasteiger partial charge in [-0.3, -0.25) is 0 Å². The summed E-state index contributed by atoms with van der Waals surface area (Å²) in [5.41, 5.74) is 2.64. The Balaban J connectivity index is 1.22. The van der Waals surface area contributed by atoms with Gasteiger partial charge in [0, 0.05) is 12.0 Å². The van der Waals surface area contributed by atoms with Crippen molar-refractivity contribution in [2.75, 3.05) is 19.6 Å². The van der Waals surface area contributed by atoms with E-state index in [1.54, 1.807) is 0 Å². The Hall–Kier alpha value is -1.84. The molecule has 2 fully saturated rings. The van der Waals surface area contributed by atoms with E-state index < -0.39 is 0 Å². The molecule has 3 heteroatoms. The van der Waals surface area contributed by atoms with E-state index in [0.29, 0.717) is 18.6 Å². The average Bonchev–Trinajstić information content (AvgIpc) is 3.47. The van der Waals surface area contributed by atoms with Crippen molar-refractivity contribution in [1.29, 1.82) is 0 Å². The van der Waals surface area contributed by atoms with Crippen molar-refractivity contribution in [2.24, 2.45) is 5.92 Å². The molecule has 4 rings (SSSR count). The van der Waals surface area contributed by atoms with E-state index in [1.807, 2.05) is 18.2 Å². The van der Waals surface area contributed by atoms with Crippen molar-refractivity contribution in [1.82, 2.24) is 10.6 Å². The zero-order valence-corrected chi connectivity index (χ0v) is 14.8. The molecule has 0 aromatic heterocycles. The summed E-state index contributed by atoms with van der Waals surface area (Å²) in [4.78, 5) is 0. The van der Waals surface area contributed by atoms with Gasteiger partial charge < -0.3 is 15.4 Å². The number of hydrogen-bond acceptors (Lipinski definition) is 3. The second kappa shape index (κ2) is 8.03. The lowest BCUT2D eigenvalue weighted by Gasteiger charge is -2.22. The molecule has 2 aromatic rings. The third-order valence-electron chi connectivity index (χ3n) is 5.47. The fourth-order valence-corrected chi connectivity index (χ4v) is 3.75. The lowest BCUT2D eigenvalue weighted by molar-refractivity contribution is 0.306. The number of piperidine rings is 1. The van der Waals surface area contributed by atoms with Gasteiger partial charge in [0.1, 0.15) is 12.4 Å². The molecule has 0 amide bonds. The third-order valence-corrected chi connectivity index (χ3v) is 5.47. The zero-order chi connectivity index (χ0) is 16.9. The Kier molecular flexibility index (Phi) is 5.34. The molecule has 0 radical (unpaired) electrons. The van der Waals surface area contributed by atoms with Crippen molar-refractivity contribution in [3.63, 3.8) is 0 Å². The van der Waals surface area contributed by atoms with Crippen LogP contribution in [0.5, 0.6) is 5.75 Å². The van der Waals surface area contributed by atoms with Gasteiger partial charge in [0.25, 0.3) is 0 Å². The van der Waals surface area contributed by atoms with Gasteiger partial charge in [-0.15, -0.1) is 0 Å². The molecule has 0 bridgehead atoms. The first kappa shape index (κ1) is 16.6. The summed E-state index contributed by atoms with van der Waals surface area (Å²) in [6, 6.07) is 19.7. The van der Waals surface area contributed by atoms with Crippen molar-refractivity contribution in [2.45, 2.75) is 37.8 Å². The van der Waals surface area contributed by atoms with Gasteiger partial charge in [0.15, 0.2) is 0 Å². The second-order valence-corrected chi connectivity index (χ2v) is 7.39. The van der Waals surface area contributed by atoms with Gasteiger partial charge >= 0.3 is 0 Å². The SMILES string of the molecule is c1ccc(COc2ccc(C3CC3NCC3CCNCC3)cc2)cc1. The molecule has 1 saturated heterocycles. The lowest BCUT2D eigenvalue weighted by Crippen LogP contribution is -2.34. The van der Waals surface area contributed by atoms with Crippen LogP contribution in [0.25, 0.3) is 0 Å². The third kappa shape index (κ3) is 4.62. The van der Waals surface area contributed by atoms with E-state index in [9.17, 15) is 0 Å². The van der Waals surface area contributed by atoms with E-state index >= 15 is 0 Å². The van der Waals surface area contributed by atoms with Crippen LogP contribution in [0.3, 0.4) is 0 Å². The Morgan fingerprint density at radius 3 is 2.48 bits per heavy atom. The minimum absolute atomic E-state index is 0.629. The maximum absolute atomic E-state index is 5.88. The number of hydrogen-bond donors (Lipinski definition) is 2. The molecule has 1 aliphatic carbocycles. The molecular weight excluding hydrogens is 308 g/mol. The van der Waals surface area contributed by atoms with E-state index in [4.69, 9.17) is 4.74 Å². The van der Waals surface area contributed by atoms with Gasteiger partial charge in [-0.25, -0.2) is 0 Å². The van der Waals surface area contributed by atoms with Crippen LogP contribution in [0, 0.1) is 5.92 Å². The van der Waals surface area contributed by atoms with E-state index in [-0.39, 0.29) is 0 Å². The van der Waals surface area contributed by atoms with Gasteiger partial charge in [0.05, 0.1) is 0 Å². The molecule has 0 spiro atoms. The predicted octanol–water partition coefficient (Wildman–Crippen LogP) is 3.71. The summed E-state index contributed by atoms with van der Waals surface area (Å²) in [5, 5.41) is 7.22. The second-order valence-electron chi connectivity index (χ2n) is 7.39. The highest BCUT2D eigenvalue weighted by molar-refractivity contribution is 5.34. The largest absolute Gasteiger partial charge is 0.489 e. The first-order chi connectivity index (χ1) is 12.4. The Labute approximate surface area is 150 Å². The van der Waals surface area contributed by atoms with Crippen LogP contribution in [0.2, 0.25) is 0 Å². The summed E-state index contributed by atoms with van der Waals surface area (Å²) < 4.78 is 5.88. The summed E-state index contributed by atoms with van der Waals surface area (Å²) in [6.07, 6.45) is 3.91. The van der Waals surface area contributed by atoms with E-state index in [1.165, 1.54) is 50.0 Å². The van der Waals surface area contributed by atoms with E-state index in [0.717, 1.165) is 11.7 Å². The van der Waals surface area contributed by atoms with Crippen LogP contribution in [0.15, 0.2) is 54.6 Å². The van der Waals surface area contributed by atoms with Crippen molar-refractivity contribution < 1.29 is 4.74 Å². The molecule has 132 valence electrons. The first-order valence-electron chi connectivity index (χ1n) is 9.59. The van der Waals surface area contributed by atoms with Crippen LogP contribution in [0.4, 0.5) is 0 Å². The Morgan fingerprint density at radius 1 is 0.960 bits per heavy atom. The number of ether oxygens (including phenoxy) is 1. The predicted molar refractivity (Wildman–Crippen MR) is 102 cm³/mol. The molecule has 2 unspecified atom stereocenters.